The summed E-state index contributed by atoms with van der Waals surface area (Å²) in [5, 5.41) is 11.5. The first-order valence-electron chi connectivity index (χ1n) is 15.3. The average Bonchev–Trinajstić information content (AvgIpc) is 2.97. The molecule has 224 valence electrons. The molecule has 0 aliphatic heterocycles. The third-order valence-electron chi connectivity index (χ3n) is 8.73. The zero-order chi connectivity index (χ0) is 30.2. The maximum atomic E-state index is 11.3. The number of allylic oxidation sites excluding steroid dienone is 3. The molecular weight excluding hydrogens is 534 g/mol. The maximum absolute atomic E-state index is 11.3. The van der Waals surface area contributed by atoms with Crippen molar-refractivity contribution in [2.75, 3.05) is 6.54 Å². The van der Waals surface area contributed by atoms with E-state index in [1.165, 1.54) is 11.1 Å². The molecule has 0 bridgehead atoms. The number of hydrogen-bond donors (Lipinski definition) is 1. The Morgan fingerprint density at radius 1 is 0.810 bits per heavy atom. The van der Waals surface area contributed by atoms with Gasteiger partial charge in [-0.15, -0.1) is 0 Å². The Kier molecular flexibility index (Phi) is 10.9. The van der Waals surface area contributed by atoms with Gasteiger partial charge in [0.05, 0.1) is 11.9 Å². The molecule has 5 heteroatoms. The Labute approximate surface area is 254 Å². The molecule has 0 radical (unpaired) electrons. The van der Waals surface area contributed by atoms with E-state index in [0.29, 0.717) is 13.2 Å². The van der Waals surface area contributed by atoms with Gasteiger partial charge >= 0.3 is 0 Å². The Morgan fingerprint density at radius 2 is 1.43 bits per heavy atom. The molecule has 0 saturated carbocycles. The van der Waals surface area contributed by atoms with E-state index in [0.717, 1.165) is 48.5 Å². The molecule has 3 aromatic carbocycles. The van der Waals surface area contributed by atoms with Crippen LogP contribution in [0.3, 0.4) is 0 Å². The van der Waals surface area contributed by atoms with Crippen molar-refractivity contribution >= 4 is 8.32 Å². The molecule has 0 fully saturated rings. The predicted octanol–water partition coefficient (Wildman–Crippen LogP) is 8.69. The van der Waals surface area contributed by atoms with Gasteiger partial charge in [-0.1, -0.05) is 99.6 Å². The van der Waals surface area contributed by atoms with E-state index in [1.54, 1.807) is 0 Å². The van der Waals surface area contributed by atoms with Crippen molar-refractivity contribution in [3.63, 3.8) is 0 Å². The van der Waals surface area contributed by atoms with Crippen LogP contribution in [0.5, 0.6) is 5.75 Å². The molecule has 2 atom stereocenters. The van der Waals surface area contributed by atoms with E-state index in [4.69, 9.17) is 9.16 Å². The Bertz CT molecular complexity index is 1310. The van der Waals surface area contributed by atoms with E-state index < -0.39 is 14.4 Å². The van der Waals surface area contributed by atoms with Crippen LogP contribution >= 0.6 is 0 Å². The van der Waals surface area contributed by atoms with E-state index in [-0.39, 0.29) is 11.1 Å². The topological polar surface area (TPSA) is 41.9 Å². The molecule has 4 nitrogen and oxygen atoms in total. The second kappa shape index (κ2) is 14.4. The maximum Gasteiger partial charge on any atom is 0.250 e. The van der Waals surface area contributed by atoms with Gasteiger partial charge in [0.1, 0.15) is 12.4 Å². The number of ether oxygens (including phenoxy) is 1. The normalized spacial score (nSPS) is 15.5. The van der Waals surface area contributed by atoms with Crippen LogP contribution in [0.4, 0.5) is 0 Å². The van der Waals surface area contributed by atoms with Crippen LogP contribution in [-0.2, 0) is 24.3 Å². The summed E-state index contributed by atoms with van der Waals surface area (Å²) >= 11 is 0. The third-order valence-corrected chi connectivity index (χ3v) is 13.1. The summed E-state index contributed by atoms with van der Waals surface area (Å²) < 4.78 is 12.5. The summed E-state index contributed by atoms with van der Waals surface area (Å²) in [6, 6.07) is 29.7. The van der Waals surface area contributed by atoms with Crippen LogP contribution < -0.4 is 4.43 Å². The fourth-order valence-corrected chi connectivity index (χ4v) is 5.98. The summed E-state index contributed by atoms with van der Waals surface area (Å²) in [6.45, 7) is 15.6. The SMILES string of the molecule is C[C@H](Cc1ccc(O[Si](C)(C)C(C)(C)C)cc1)N(Cc1ccccc1)C[C@@H](O)C1=CC=C(OCc2ccccc2)CC1. The molecule has 0 saturated heterocycles. The van der Waals surface area contributed by atoms with Gasteiger partial charge in [0.15, 0.2) is 0 Å². The second-order valence-electron chi connectivity index (χ2n) is 13.1. The molecule has 0 unspecified atom stereocenters. The van der Waals surface area contributed by atoms with Gasteiger partial charge in [-0.3, -0.25) is 4.90 Å². The van der Waals surface area contributed by atoms with Gasteiger partial charge in [-0.25, -0.2) is 0 Å². The lowest BCUT2D eigenvalue weighted by Crippen LogP contribution is -2.43. The highest BCUT2D eigenvalue weighted by Crippen LogP contribution is 2.37. The van der Waals surface area contributed by atoms with Crippen molar-refractivity contribution in [3.8, 4) is 5.75 Å². The Balaban J connectivity index is 1.40. The van der Waals surface area contributed by atoms with E-state index in [1.807, 2.05) is 24.3 Å². The summed E-state index contributed by atoms with van der Waals surface area (Å²) in [4.78, 5) is 2.41. The third kappa shape index (κ3) is 9.19. The fraction of sp³-hybridized carbons (Fsp3) is 0.405. The van der Waals surface area contributed by atoms with Crippen molar-refractivity contribution in [1.29, 1.82) is 0 Å². The van der Waals surface area contributed by atoms with Gasteiger partial charge < -0.3 is 14.3 Å². The number of benzene rings is 3. The number of hydrogen-bond acceptors (Lipinski definition) is 4. The summed E-state index contributed by atoms with van der Waals surface area (Å²) in [5.74, 6) is 1.93. The first kappa shape index (κ1) is 31.8. The van der Waals surface area contributed by atoms with Crippen molar-refractivity contribution < 1.29 is 14.3 Å². The lowest BCUT2D eigenvalue weighted by Gasteiger charge is -2.36. The van der Waals surface area contributed by atoms with Gasteiger partial charge in [0.2, 0.25) is 8.32 Å². The molecule has 1 N–H and O–H groups in total. The van der Waals surface area contributed by atoms with E-state index in [2.05, 4.69) is 118 Å². The van der Waals surface area contributed by atoms with Gasteiger partial charge in [0, 0.05) is 25.6 Å². The highest BCUT2D eigenvalue weighted by atomic mass is 28.4. The highest BCUT2D eigenvalue weighted by Gasteiger charge is 2.39. The Hall–Kier alpha value is -3.12. The lowest BCUT2D eigenvalue weighted by atomic mass is 9.97. The quantitative estimate of drug-likeness (QED) is 0.204. The second-order valence-corrected chi connectivity index (χ2v) is 17.9. The fourth-order valence-electron chi connectivity index (χ4n) is 4.95. The molecule has 42 heavy (non-hydrogen) atoms. The molecular formula is C37H49NO3Si. The summed E-state index contributed by atoms with van der Waals surface area (Å²) in [5.41, 5.74) is 4.76. The Morgan fingerprint density at radius 3 is 2.00 bits per heavy atom. The highest BCUT2D eigenvalue weighted by molar-refractivity contribution is 6.74. The van der Waals surface area contributed by atoms with Gasteiger partial charge in [-0.2, -0.15) is 0 Å². The van der Waals surface area contributed by atoms with Crippen LogP contribution in [-0.4, -0.2) is 37.0 Å². The van der Waals surface area contributed by atoms with Crippen molar-refractivity contribution in [1.82, 2.24) is 4.90 Å². The van der Waals surface area contributed by atoms with E-state index in [9.17, 15) is 5.11 Å². The molecule has 3 aromatic rings. The van der Waals surface area contributed by atoms with Crippen LogP contribution in [0, 0.1) is 0 Å². The van der Waals surface area contributed by atoms with Gasteiger partial charge in [-0.05, 0) is 78.4 Å². The molecule has 0 spiro atoms. The van der Waals surface area contributed by atoms with Crippen molar-refractivity contribution in [2.45, 2.75) is 90.4 Å². The monoisotopic (exact) mass is 583 g/mol. The first-order chi connectivity index (χ1) is 20.0. The molecule has 0 aromatic heterocycles. The van der Waals surface area contributed by atoms with Crippen LogP contribution in [0.1, 0.15) is 57.2 Å². The molecule has 1 aliphatic carbocycles. The standard InChI is InChI=1S/C37H49NO3Si/c1-29(25-30-17-21-35(22-18-30)41-42(5,6)37(2,3)4)38(26-31-13-9-7-10-14-31)27-36(39)33-19-23-34(24-20-33)40-28-32-15-11-8-12-16-32/h7-19,21-23,29,36,39H,20,24-28H2,1-6H3/t29-,36-/m1/s1. The minimum absolute atomic E-state index is 0.166. The number of aliphatic hydroxyl groups is 1. The zero-order valence-corrected chi connectivity index (χ0v) is 27.3. The lowest BCUT2D eigenvalue weighted by molar-refractivity contribution is 0.103. The molecule has 4 rings (SSSR count). The van der Waals surface area contributed by atoms with Gasteiger partial charge in [0.25, 0.3) is 0 Å². The van der Waals surface area contributed by atoms with E-state index >= 15 is 0 Å². The van der Waals surface area contributed by atoms with Crippen molar-refractivity contribution in [3.05, 3.63) is 125 Å². The molecule has 0 amide bonds. The summed E-state index contributed by atoms with van der Waals surface area (Å²) in [7, 11) is -1.87. The largest absolute Gasteiger partial charge is 0.544 e. The summed E-state index contributed by atoms with van der Waals surface area (Å²) in [6.07, 6.45) is 6.09. The number of rotatable bonds is 13. The van der Waals surface area contributed by atoms with Crippen LogP contribution in [0.2, 0.25) is 18.1 Å². The average molecular weight is 584 g/mol. The molecule has 1 aliphatic rings. The number of nitrogens with zero attached hydrogens (tertiary/aromatic N) is 1. The van der Waals surface area contributed by atoms with Crippen molar-refractivity contribution in [2.24, 2.45) is 0 Å². The zero-order valence-electron chi connectivity index (χ0n) is 26.3. The van der Waals surface area contributed by atoms with Crippen LogP contribution in [0.15, 0.2) is 108 Å². The first-order valence-corrected chi connectivity index (χ1v) is 18.2. The predicted molar refractivity (Wildman–Crippen MR) is 177 cm³/mol. The van der Waals surface area contributed by atoms with Crippen LogP contribution in [0.25, 0.3) is 0 Å². The number of aliphatic hydroxyl groups excluding tert-OH is 1. The molecule has 0 heterocycles. The minimum atomic E-state index is -1.87. The minimum Gasteiger partial charge on any atom is -0.544 e. The smallest absolute Gasteiger partial charge is 0.250 e.